The van der Waals surface area contributed by atoms with Crippen LogP contribution in [-0.2, 0) is 11.8 Å². The van der Waals surface area contributed by atoms with Crippen LogP contribution in [0.25, 0.3) is 0 Å². The van der Waals surface area contributed by atoms with E-state index in [2.05, 4.69) is 85.7 Å². The second kappa shape index (κ2) is 6.30. The summed E-state index contributed by atoms with van der Waals surface area (Å²) in [4.78, 5) is 0. The lowest BCUT2D eigenvalue weighted by molar-refractivity contribution is 0.508. The lowest BCUT2D eigenvalue weighted by atomic mass is 9.81. The molecule has 0 aromatic heterocycles. The van der Waals surface area contributed by atoms with Crippen molar-refractivity contribution in [2.75, 3.05) is 0 Å². The zero-order chi connectivity index (χ0) is 17.4. The number of allylic oxidation sites excluding steroid dienone is 4. The molecule has 0 bridgehead atoms. The fourth-order valence-electron chi connectivity index (χ4n) is 3.65. The average molecular weight is 311 g/mol. The molecule has 1 atom stereocenters. The normalized spacial score (nSPS) is 19.3. The Morgan fingerprint density at radius 1 is 0.957 bits per heavy atom. The lowest BCUT2D eigenvalue weighted by Gasteiger charge is -2.24. The second-order valence-corrected chi connectivity index (χ2v) is 9.10. The number of rotatable bonds is 3. The van der Waals surface area contributed by atoms with E-state index < -0.39 is 0 Å². The molecule has 0 heterocycles. The van der Waals surface area contributed by atoms with Crippen molar-refractivity contribution in [1.82, 2.24) is 0 Å². The largest absolute Gasteiger partial charge is 0.0736 e. The summed E-state index contributed by atoms with van der Waals surface area (Å²) in [6.07, 6.45) is 4.73. The van der Waals surface area contributed by atoms with Gasteiger partial charge in [-0.05, 0) is 51.9 Å². The molecule has 0 spiro atoms. The maximum Gasteiger partial charge on any atom is -0.00363 e. The molecule has 1 aromatic rings. The molecule has 0 fully saturated rings. The molecule has 0 N–H and O–H groups in total. The van der Waals surface area contributed by atoms with Crippen LogP contribution in [0, 0.1) is 11.3 Å². The van der Waals surface area contributed by atoms with E-state index in [9.17, 15) is 0 Å². The van der Waals surface area contributed by atoms with Crippen LogP contribution in [0.15, 0.2) is 47.1 Å². The van der Waals surface area contributed by atoms with E-state index >= 15 is 0 Å². The zero-order valence-electron chi connectivity index (χ0n) is 16.4. The third-order valence-electron chi connectivity index (χ3n) is 5.03. The van der Waals surface area contributed by atoms with Gasteiger partial charge in [-0.2, -0.15) is 0 Å². The Bertz CT molecular complexity index is 627. The first-order chi connectivity index (χ1) is 10.5. The highest BCUT2D eigenvalue weighted by molar-refractivity contribution is 5.49. The average Bonchev–Trinajstić information content (AvgIpc) is 2.75. The number of hydrogen-bond donors (Lipinski definition) is 0. The summed E-state index contributed by atoms with van der Waals surface area (Å²) in [6, 6.07) is 9.18. The maximum atomic E-state index is 2.50. The van der Waals surface area contributed by atoms with E-state index in [1.165, 1.54) is 11.1 Å². The molecule has 0 saturated carbocycles. The van der Waals surface area contributed by atoms with Crippen molar-refractivity contribution in [3.8, 4) is 0 Å². The third-order valence-corrected chi connectivity index (χ3v) is 5.03. The number of benzene rings is 1. The van der Waals surface area contributed by atoms with Crippen LogP contribution in [0.5, 0.6) is 0 Å². The van der Waals surface area contributed by atoms with Gasteiger partial charge in [0.05, 0.1) is 0 Å². The van der Waals surface area contributed by atoms with E-state index in [1.54, 1.807) is 16.7 Å². The van der Waals surface area contributed by atoms with Crippen molar-refractivity contribution in [3.05, 3.63) is 58.2 Å². The summed E-state index contributed by atoms with van der Waals surface area (Å²) in [5, 5.41) is 0. The fourth-order valence-corrected chi connectivity index (χ4v) is 3.65. The van der Waals surface area contributed by atoms with Gasteiger partial charge >= 0.3 is 0 Å². The van der Waals surface area contributed by atoms with E-state index in [0.29, 0.717) is 5.92 Å². The molecule has 1 aromatic carbocycles. The summed E-state index contributed by atoms with van der Waals surface area (Å²) >= 11 is 0. The highest BCUT2D eigenvalue weighted by atomic mass is 14.3. The van der Waals surface area contributed by atoms with Crippen molar-refractivity contribution in [2.24, 2.45) is 11.3 Å². The Kier molecular flexibility index (Phi) is 4.95. The van der Waals surface area contributed by atoms with E-state index in [4.69, 9.17) is 0 Å². The Morgan fingerprint density at radius 3 is 2.13 bits per heavy atom. The van der Waals surface area contributed by atoms with Crippen LogP contribution in [0.2, 0.25) is 0 Å². The molecule has 0 heteroatoms. The lowest BCUT2D eigenvalue weighted by Crippen LogP contribution is -2.12. The minimum absolute atomic E-state index is 0.216. The minimum Gasteiger partial charge on any atom is -0.0736 e. The molecule has 0 aliphatic heterocycles. The van der Waals surface area contributed by atoms with Crippen LogP contribution in [-0.4, -0.2) is 0 Å². The molecule has 1 unspecified atom stereocenters. The molecule has 0 saturated heterocycles. The Balaban J connectivity index is 2.36. The Hall–Kier alpha value is -1.30. The van der Waals surface area contributed by atoms with Crippen molar-refractivity contribution in [3.63, 3.8) is 0 Å². The second-order valence-electron chi connectivity index (χ2n) is 9.10. The van der Waals surface area contributed by atoms with E-state index in [1.807, 2.05) is 0 Å². The standard InChI is InChI=1S/C23H34/c1-9-19-20(16(2)13-21(19)23(6,7)8)15-17-11-10-12-18(14-17)22(3,4)5/h10-14,16H,9,15H2,1-8H3. The third kappa shape index (κ3) is 3.97. The summed E-state index contributed by atoms with van der Waals surface area (Å²) < 4.78 is 0. The maximum absolute atomic E-state index is 2.50. The molecule has 1 aliphatic carbocycles. The molecule has 0 radical (unpaired) electrons. The Labute approximate surface area is 143 Å². The van der Waals surface area contributed by atoms with Gasteiger partial charge in [-0.1, -0.05) is 91.3 Å². The van der Waals surface area contributed by atoms with Gasteiger partial charge in [-0.25, -0.2) is 0 Å². The first-order valence-electron chi connectivity index (χ1n) is 9.08. The zero-order valence-corrected chi connectivity index (χ0v) is 16.4. The molecular formula is C23H34. The SMILES string of the molecule is CCC1=C(Cc2cccc(C(C)(C)C)c2)C(C)C=C1C(C)(C)C. The quantitative estimate of drug-likeness (QED) is 0.572. The molecule has 2 rings (SSSR count). The van der Waals surface area contributed by atoms with E-state index in [0.717, 1.165) is 12.8 Å². The minimum atomic E-state index is 0.216. The van der Waals surface area contributed by atoms with Gasteiger partial charge < -0.3 is 0 Å². The van der Waals surface area contributed by atoms with Gasteiger partial charge in [-0.3, -0.25) is 0 Å². The molecule has 1 aliphatic rings. The summed E-state index contributed by atoms with van der Waals surface area (Å²) in [5.41, 5.74) is 8.14. The van der Waals surface area contributed by atoms with Gasteiger partial charge in [0.15, 0.2) is 0 Å². The van der Waals surface area contributed by atoms with Gasteiger partial charge in [0, 0.05) is 0 Å². The monoisotopic (exact) mass is 310 g/mol. The van der Waals surface area contributed by atoms with Crippen LogP contribution >= 0.6 is 0 Å². The van der Waals surface area contributed by atoms with Crippen LogP contribution in [0.1, 0.15) is 72.9 Å². The smallest absolute Gasteiger partial charge is 0.00363 e. The van der Waals surface area contributed by atoms with Gasteiger partial charge in [0.1, 0.15) is 0 Å². The molecule has 0 nitrogen and oxygen atoms in total. The van der Waals surface area contributed by atoms with Crippen molar-refractivity contribution in [1.29, 1.82) is 0 Å². The predicted octanol–water partition coefficient (Wildman–Crippen LogP) is 6.86. The highest BCUT2D eigenvalue weighted by Gasteiger charge is 2.29. The molecular weight excluding hydrogens is 276 g/mol. The van der Waals surface area contributed by atoms with Crippen molar-refractivity contribution < 1.29 is 0 Å². The topological polar surface area (TPSA) is 0 Å². The van der Waals surface area contributed by atoms with Crippen LogP contribution in [0.3, 0.4) is 0 Å². The summed E-state index contributed by atoms with van der Waals surface area (Å²) in [7, 11) is 0. The first-order valence-corrected chi connectivity index (χ1v) is 9.08. The van der Waals surface area contributed by atoms with Gasteiger partial charge in [0.25, 0.3) is 0 Å². The van der Waals surface area contributed by atoms with Gasteiger partial charge in [-0.15, -0.1) is 0 Å². The van der Waals surface area contributed by atoms with Crippen molar-refractivity contribution >= 4 is 0 Å². The molecule has 23 heavy (non-hydrogen) atoms. The summed E-state index contributed by atoms with van der Waals surface area (Å²) in [6.45, 7) is 18.6. The first kappa shape index (κ1) is 18.0. The predicted molar refractivity (Wildman–Crippen MR) is 103 cm³/mol. The molecule has 0 amide bonds. The van der Waals surface area contributed by atoms with Crippen LogP contribution in [0.4, 0.5) is 0 Å². The van der Waals surface area contributed by atoms with Gasteiger partial charge in [0.2, 0.25) is 0 Å². The summed E-state index contributed by atoms with van der Waals surface area (Å²) in [5.74, 6) is 0.567. The Morgan fingerprint density at radius 2 is 1.61 bits per heavy atom. The van der Waals surface area contributed by atoms with Crippen LogP contribution < -0.4 is 0 Å². The highest BCUT2D eigenvalue weighted by Crippen LogP contribution is 2.43. The van der Waals surface area contributed by atoms with E-state index in [-0.39, 0.29) is 10.8 Å². The van der Waals surface area contributed by atoms with Crippen molar-refractivity contribution in [2.45, 2.75) is 73.6 Å². The molecule has 126 valence electrons. The number of hydrogen-bond acceptors (Lipinski definition) is 0. The fraction of sp³-hybridized carbons (Fsp3) is 0.565.